The maximum absolute atomic E-state index is 9.97. The smallest absolute Gasteiger partial charge is 0.153 e. The highest BCUT2D eigenvalue weighted by Crippen LogP contribution is 2.38. The van der Waals surface area contributed by atoms with Crippen molar-refractivity contribution in [3.8, 4) is 11.3 Å². The van der Waals surface area contributed by atoms with E-state index >= 15 is 0 Å². The van der Waals surface area contributed by atoms with E-state index in [1.807, 2.05) is 19.1 Å². The second-order valence-corrected chi connectivity index (χ2v) is 8.68. The normalized spacial score (nSPS) is 17.4. The van der Waals surface area contributed by atoms with Crippen LogP contribution in [0.2, 0.25) is 10.0 Å². The summed E-state index contributed by atoms with van der Waals surface area (Å²) in [5.41, 5.74) is 8.97. The number of anilines is 1. The highest BCUT2D eigenvalue weighted by atomic mass is 35.5. The summed E-state index contributed by atoms with van der Waals surface area (Å²) in [6.45, 7) is 6.05. The summed E-state index contributed by atoms with van der Waals surface area (Å²) >= 11 is 12.5. The average Bonchev–Trinajstić information content (AvgIpc) is 2.71. The molecule has 158 valence electrons. The Kier molecular flexibility index (Phi) is 7.02. The molecule has 2 heterocycles. The van der Waals surface area contributed by atoms with Gasteiger partial charge >= 0.3 is 0 Å². The zero-order valence-electron chi connectivity index (χ0n) is 17.1. The number of aryl methyl sites for hydroxylation is 1. The summed E-state index contributed by atoms with van der Waals surface area (Å²) in [5.74, 6) is 0.717. The first kappa shape index (κ1) is 22.2. The number of benzene rings is 1. The molecule has 0 bridgehead atoms. The maximum atomic E-state index is 9.97. The zero-order valence-corrected chi connectivity index (χ0v) is 18.6. The van der Waals surface area contributed by atoms with E-state index in [1.165, 1.54) is 0 Å². The minimum atomic E-state index is -0.204. The van der Waals surface area contributed by atoms with Crippen LogP contribution >= 0.6 is 23.2 Å². The van der Waals surface area contributed by atoms with Gasteiger partial charge in [0.1, 0.15) is 5.69 Å². The molecule has 1 aromatic heterocycles. The molecule has 0 saturated carbocycles. The molecule has 3 N–H and O–H groups in total. The third-order valence-electron chi connectivity index (χ3n) is 5.92. The summed E-state index contributed by atoms with van der Waals surface area (Å²) in [6.07, 6.45) is 1.84. The number of rotatable bonds is 6. The Balaban J connectivity index is 1.88. The summed E-state index contributed by atoms with van der Waals surface area (Å²) in [7, 11) is 1.68. The number of nitrogens with zero attached hydrogens (tertiary/aromatic N) is 3. The molecule has 0 radical (unpaired) electrons. The second kappa shape index (κ2) is 9.14. The molecular weight excluding hydrogens is 411 g/mol. The van der Waals surface area contributed by atoms with E-state index in [-0.39, 0.29) is 18.1 Å². The van der Waals surface area contributed by atoms with Gasteiger partial charge in [0.25, 0.3) is 0 Å². The van der Waals surface area contributed by atoms with Crippen molar-refractivity contribution >= 4 is 29.0 Å². The van der Waals surface area contributed by atoms with E-state index in [2.05, 4.69) is 11.8 Å². The van der Waals surface area contributed by atoms with Gasteiger partial charge in [-0.25, -0.2) is 9.97 Å². The third kappa shape index (κ3) is 4.52. The first-order chi connectivity index (χ1) is 13.8. The Bertz CT molecular complexity index is 870. The lowest BCUT2D eigenvalue weighted by Crippen LogP contribution is -2.50. The van der Waals surface area contributed by atoms with Gasteiger partial charge in [-0.05, 0) is 31.2 Å². The molecule has 1 saturated heterocycles. The van der Waals surface area contributed by atoms with Gasteiger partial charge in [-0.2, -0.15) is 0 Å². The van der Waals surface area contributed by atoms with Crippen molar-refractivity contribution in [2.75, 3.05) is 31.7 Å². The zero-order chi connectivity index (χ0) is 21.2. The average molecular weight is 439 g/mol. The van der Waals surface area contributed by atoms with Crippen molar-refractivity contribution < 1.29 is 9.84 Å². The minimum absolute atomic E-state index is 0.00729. The number of hydrogen-bond donors (Lipinski definition) is 2. The number of aliphatic hydroxyl groups is 1. The van der Waals surface area contributed by atoms with Crippen molar-refractivity contribution in [2.45, 2.75) is 39.3 Å². The molecule has 8 heteroatoms. The molecule has 1 atom stereocenters. The van der Waals surface area contributed by atoms with Crippen molar-refractivity contribution in [3.05, 3.63) is 39.6 Å². The van der Waals surface area contributed by atoms with Gasteiger partial charge in [0.15, 0.2) is 5.82 Å². The fourth-order valence-corrected chi connectivity index (χ4v) is 4.21. The second-order valence-electron chi connectivity index (χ2n) is 7.89. The number of methoxy groups -OCH3 is 1. The van der Waals surface area contributed by atoms with E-state index in [9.17, 15) is 5.11 Å². The van der Waals surface area contributed by atoms with Crippen LogP contribution in [-0.2, 0) is 11.3 Å². The Morgan fingerprint density at radius 2 is 1.97 bits per heavy atom. The van der Waals surface area contributed by atoms with Gasteiger partial charge in [0.2, 0.25) is 0 Å². The van der Waals surface area contributed by atoms with Crippen LogP contribution in [-0.4, -0.2) is 47.9 Å². The summed E-state index contributed by atoms with van der Waals surface area (Å²) in [4.78, 5) is 11.7. The molecular formula is C21H28Cl2N4O2. The number of ether oxygens (including phenoxy) is 1. The number of nitrogens with two attached hydrogens (primary N) is 1. The van der Waals surface area contributed by atoms with Crippen LogP contribution in [0.4, 0.5) is 5.82 Å². The lowest BCUT2D eigenvalue weighted by molar-refractivity contribution is 0.0991. The lowest BCUT2D eigenvalue weighted by atomic mass is 9.74. The van der Waals surface area contributed by atoms with E-state index in [0.717, 1.165) is 31.6 Å². The van der Waals surface area contributed by atoms with Gasteiger partial charge in [-0.3, -0.25) is 0 Å². The van der Waals surface area contributed by atoms with Gasteiger partial charge in [0, 0.05) is 31.8 Å². The van der Waals surface area contributed by atoms with Crippen LogP contribution in [0.15, 0.2) is 18.2 Å². The number of piperidine rings is 1. The van der Waals surface area contributed by atoms with Gasteiger partial charge in [-0.1, -0.05) is 42.3 Å². The van der Waals surface area contributed by atoms with Crippen LogP contribution in [0.3, 0.4) is 0 Å². The van der Waals surface area contributed by atoms with Crippen LogP contribution in [0.5, 0.6) is 0 Å². The highest BCUT2D eigenvalue weighted by molar-refractivity contribution is 6.43. The number of hydrogen-bond acceptors (Lipinski definition) is 6. The molecule has 1 aliphatic rings. The number of halogens is 2. The van der Waals surface area contributed by atoms with E-state index in [0.29, 0.717) is 39.4 Å². The first-order valence-electron chi connectivity index (χ1n) is 9.73. The molecule has 0 spiro atoms. The van der Waals surface area contributed by atoms with Crippen molar-refractivity contribution in [1.29, 1.82) is 0 Å². The largest absolute Gasteiger partial charge is 0.390 e. The lowest BCUT2D eigenvalue weighted by Gasteiger charge is -2.43. The highest BCUT2D eigenvalue weighted by Gasteiger charge is 2.36. The molecule has 6 nitrogen and oxygen atoms in total. The maximum Gasteiger partial charge on any atom is 0.153 e. The molecule has 1 fully saturated rings. The molecule has 0 amide bonds. The molecule has 1 aliphatic heterocycles. The molecule has 1 aromatic carbocycles. The van der Waals surface area contributed by atoms with Crippen LogP contribution in [0.1, 0.15) is 31.2 Å². The fraction of sp³-hybridized carbons (Fsp3) is 0.524. The summed E-state index contributed by atoms with van der Waals surface area (Å²) in [6, 6.07) is 5.41. The third-order valence-corrected chi connectivity index (χ3v) is 6.74. The summed E-state index contributed by atoms with van der Waals surface area (Å²) in [5, 5.41) is 10.9. The van der Waals surface area contributed by atoms with Crippen LogP contribution < -0.4 is 10.6 Å². The predicted molar refractivity (Wildman–Crippen MR) is 118 cm³/mol. The Labute approximate surface area is 182 Å². The molecule has 0 unspecified atom stereocenters. The molecule has 0 aliphatic carbocycles. The Hall–Kier alpha value is -1.44. The predicted octanol–water partition coefficient (Wildman–Crippen LogP) is 3.83. The van der Waals surface area contributed by atoms with Crippen LogP contribution in [0, 0.1) is 12.3 Å². The topological polar surface area (TPSA) is 84.5 Å². The van der Waals surface area contributed by atoms with Crippen LogP contribution in [0.25, 0.3) is 11.3 Å². The summed E-state index contributed by atoms with van der Waals surface area (Å²) < 4.78 is 5.24. The van der Waals surface area contributed by atoms with Gasteiger partial charge in [-0.15, -0.1) is 0 Å². The molecule has 3 rings (SSSR count). The Morgan fingerprint density at radius 3 is 2.59 bits per heavy atom. The van der Waals surface area contributed by atoms with Crippen molar-refractivity contribution in [1.82, 2.24) is 9.97 Å². The van der Waals surface area contributed by atoms with E-state index in [1.54, 1.807) is 13.2 Å². The van der Waals surface area contributed by atoms with Gasteiger partial charge < -0.3 is 20.5 Å². The fourth-order valence-electron chi connectivity index (χ4n) is 3.82. The first-order valence-corrected chi connectivity index (χ1v) is 10.5. The molecule has 2 aromatic rings. The van der Waals surface area contributed by atoms with Gasteiger partial charge in [0.05, 0.1) is 34.6 Å². The standard InChI is InChI=1S/C21H28Cl2N4O2/c1-13-19(14-5-4-6-15(22)18(14)23)26-16(11-28)20(25-13)27-9-7-21(2,8-10-27)17(24)12-29-3/h4-6,17,28H,7-12,24H2,1-3H3/t17-/m0/s1. The van der Waals surface area contributed by atoms with E-state index < -0.39 is 0 Å². The number of aromatic nitrogens is 2. The monoisotopic (exact) mass is 438 g/mol. The van der Waals surface area contributed by atoms with E-state index in [4.69, 9.17) is 43.6 Å². The quantitative estimate of drug-likeness (QED) is 0.712. The minimum Gasteiger partial charge on any atom is -0.390 e. The Morgan fingerprint density at radius 1 is 1.28 bits per heavy atom. The van der Waals surface area contributed by atoms with Crippen molar-refractivity contribution in [3.63, 3.8) is 0 Å². The SMILES string of the molecule is COC[C@H](N)C1(C)CCN(c2nc(C)c(-c3cccc(Cl)c3Cl)nc2CO)CC1. The van der Waals surface area contributed by atoms with Crippen molar-refractivity contribution in [2.24, 2.45) is 11.1 Å². The number of aliphatic hydroxyl groups excluding tert-OH is 1. The molecule has 29 heavy (non-hydrogen) atoms.